The zero-order chi connectivity index (χ0) is 16.5. The van der Waals surface area contributed by atoms with Gasteiger partial charge in [0.15, 0.2) is 0 Å². The lowest BCUT2D eigenvalue weighted by atomic mass is 9.88. The van der Waals surface area contributed by atoms with Crippen molar-refractivity contribution in [2.75, 3.05) is 31.6 Å². The molecule has 0 unspecified atom stereocenters. The Balaban J connectivity index is 1.58. The lowest BCUT2D eigenvalue weighted by Crippen LogP contribution is -2.38. The Kier molecular flexibility index (Phi) is 3.99. The third-order valence-electron chi connectivity index (χ3n) is 5.21. The molecule has 122 valence electrons. The molecule has 2 nitrogen and oxygen atoms in total. The van der Waals surface area contributed by atoms with Gasteiger partial charge in [0, 0.05) is 50.1 Å². The van der Waals surface area contributed by atoms with Crippen molar-refractivity contribution in [2.45, 2.75) is 12.8 Å². The van der Waals surface area contributed by atoms with Crippen molar-refractivity contribution in [1.29, 1.82) is 0 Å². The fourth-order valence-corrected chi connectivity index (χ4v) is 3.90. The Hall–Kier alpha value is -2.32. The van der Waals surface area contributed by atoms with E-state index in [-0.39, 0.29) is 0 Å². The summed E-state index contributed by atoms with van der Waals surface area (Å²) < 4.78 is 0. The van der Waals surface area contributed by atoms with Gasteiger partial charge < -0.3 is 4.90 Å². The van der Waals surface area contributed by atoms with Gasteiger partial charge in [-0.15, -0.1) is 0 Å². The van der Waals surface area contributed by atoms with E-state index in [0.29, 0.717) is 0 Å². The maximum atomic E-state index is 4.42. The van der Waals surface area contributed by atoms with Crippen LogP contribution in [0.5, 0.6) is 0 Å². The molecular weight excluding hydrogens is 292 g/mol. The molecular formula is C22H24N2. The van der Waals surface area contributed by atoms with E-state index < -0.39 is 0 Å². The number of hydrogen-bond acceptors (Lipinski definition) is 2. The third kappa shape index (κ3) is 2.67. The Morgan fingerprint density at radius 2 is 2.04 bits per heavy atom. The highest BCUT2D eigenvalue weighted by molar-refractivity contribution is 5.90. The SMILES string of the molecule is C=C1C2=C(CCN(CC3=CC=CCC=C3)C2)N(C)c2ccccc21. The molecule has 0 saturated heterocycles. The number of fused-ring (bicyclic) bond motifs is 1. The van der Waals surface area contributed by atoms with Crippen LogP contribution in [0.15, 0.2) is 78.1 Å². The molecule has 0 amide bonds. The summed E-state index contributed by atoms with van der Waals surface area (Å²) in [6.45, 7) is 7.52. The summed E-state index contributed by atoms with van der Waals surface area (Å²) in [5.74, 6) is 0. The zero-order valence-electron chi connectivity index (χ0n) is 14.3. The molecule has 0 radical (unpaired) electrons. The molecule has 0 fully saturated rings. The third-order valence-corrected chi connectivity index (χ3v) is 5.21. The molecule has 0 atom stereocenters. The number of benzene rings is 1. The summed E-state index contributed by atoms with van der Waals surface area (Å²) in [7, 11) is 2.19. The quantitative estimate of drug-likeness (QED) is 0.789. The summed E-state index contributed by atoms with van der Waals surface area (Å²) in [4.78, 5) is 4.91. The number of nitrogens with zero attached hydrogens (tertiary/aromatic N) is 2. The van der Waals surface area contributed by atoms with E-state index in [1.807, 2.05) is 0 Å². The van der Waals surface area contributed by atoms with Crippen molar-refractivity contribution in [3.05, 3.63) is 83.6 Å². The van der Waals surface area contributed by atoms with Crippen molar-refractivity contribution in [3.63, 3.8) is 0 Å². The Labute approximate surface area is 144 Å². The van der Waals surface area contributed by atoms with E-state index in [0.717, 1.165) is 32.5 Å². The highest BCUT2D eigenvalue weighted by Gasteiger charge is 2.29. The van der Waals surface area contributed by atoms with Crippen LogP contribution >= 0.6 is 0 Å². The predicted molar refractivity (Wildman–Crippen MR) is 103 cm³/mol. The van der Waals surface area contributed by atoms with Gasteiger partial charge in [0.1, 0.15) is 0 Å². The highest BCUT2D eigenvalue weighted by atomic mass is 15.2. The average Bonchev–Trinajstić information content (AvgIpc) is 2.88. The second-order valence-corrected chi connectivity index (χ2v) is 6.75. The minimum absolute atomic E-state index is 0.988. The molecule has 1 aliphatic carbocycles. The largest absolute Gasteiger partial charge is 0.347 e. The van der Waals surface area contributed by atoms with Crippen LogP contribution in [-0.2, 0) is 0 Å². The van der Waals surface area contributed by atoms with Crippen LogP contribution < -0.4 is 4.90 Å². The molecule has 2 aliphatic heterocycles. The van der Waals surface area contributed by atoms with E-state index in [9.17, 15) is 0 Å². The molecule has 24 heavy (non-hydrogen) atoms. The molecule has 0 bridgehead atoms. The predicted octanol–water partition coefficient (Wildman–Crippen LogP) is 4.55. The first kappa shape index (κ1) is 15.2. The maximum absolute atomic E-state index is 4.42. The number of anilines is 1. The van der Waals surface area contributed by atoms with E-state index in [4.69, 9.17) is 0 Å². The lowest BCUT2D eigenvalue weighted by molar-refractivity contribution is 0.312. The fraction of sp³-hybridized carbons (Fsp3) is 0.273. The van der Waals surface area contributed by atoms with Gasteiger partial charge in [0.2, 0.25) is 0 Å². The summed E-state index contributed by atoms with van der Waals surface area (Å²) in [6.07, 6.45) is 13.3. The molecule has 1 aromatic carbocycles. The summed E-state index contributed by atoms with van der Waals surface area (Å²) in [5.41, 5.74) is 8.01. The Bertz CT molecular complexity index is 792. The first-order valence-electron chi connectivity index (χ1n) is 8.73. The van der Waals surface area contributed by atoms with Gasteiger partial charge in [0.05, 0.1) is 0 Å². The van der Waals surface area contributed by atoms with Crippen LogP contribution in [0, 0.1) is 0 Å². The van der Waals surface area contributed by atoms with E-state index in [1.165, 1.54) is 33.7 Å². The molecule has 0 saturated carbocycles. The van der Waals surface area contributed by atoms with Gasteiger partial charge in [-0.1, -0.05) is 55.2 Å². The van der Waals surface area contributed by atoms with Crippen LogP contribution in [0.3, 0.4) is 0 Å². The van der Waals surface area contributed by atoms with Crippen molar-refractivity contribution >= 4 is 11.3 Å². The second kappa shape index (κ2) is 6.29. The number of hydrogen-bond donors (Lipinski definition) is 0. The van der Waals surface area contributed by atoms with Gasteiger partial charge in [-0.25, -0.2) is 0 Å². The summed E-state index contributed by atoms with van der Waals surface area (Å²) in [6, 6.07) is 8.61. The van der Waals surface area contributed by atoms with Crippen LogP contribution in [0.25, 0.3) is 5.57 Å². The van der Waals surface area contributed by atoms with Gasteiger partial charge in [-0.2, -0.15) is 0 Å². The van der Waals surface area contributed by atoms with E-state index in [1.54, 1.807) is 0 Å². The Morgan fingerprint density at radius 3 is 2.96 bits per heavy atom. The molecule has 2 heterocycles. The molecule has 0 aromatic heterocycles. The van der Waals surface area contributed by atoms with Crippen molar-refractivity contribution in [3.8, 4) is 0 Å². The molecule has 3 aliphatic rings. The highest BCUT2D eigenvalue weighted by Crippen LogP contribution is 2.41. The fourth-order valence-electron chi connectivity index (χ4n) is 3.90. The van der Waals surface area contributed by atoms with Crippen LogP contribution in [-0.4, -0.2) is 31.6 Å². The topological polar surface area (TPSA) is 6.48 Å². The van der Waals surface area contributed by atoms with Gasteiger partial charge >= 0.3 is 0 Å². The number of rotatable bonds is 2. The van der Waals surface area contributed by atoms with E-state index >= 15 is 0 Å². The first-order valence-corrected chi connectivity index (χ1v) is 8.73. The molecule has 1 aromatic rings. The van der Waals surface area contributed by atoms with Crippen LogP contribution in [0.4, 0.5) is 5.69 Å². The minimum Gasteiger partial charge on any atom is -0.347 e. The van der Waals surface area contributed by atoms with E-state index in [2.05, 4.69) is 78.1 Å². The Morgan fingerprint density at radius 1 is 1.17 bits per heavy atom. The monoisotopic (exact) mass is 316 g/mol. The van der Waals surface area contributed by atoms with Crippen LogP contribution in [0.1, 0.15) is 18.4 Å². The standard InChI is InChI=1S/C22H24N2/c1-17-19-11-7-8-12-21(19)23(2)22-13-14-24(16-20(17)22)15-18-9-5-3-4-6-10-18/h3,5-12H,1,4,13-16H2,2H3. The molecule has 0 N–H and O–H groups in total. The van der Waals surface area contributed by atoms with Gasteiger partial charge in [-0.05, 0) is 29.2 Å². The number of allylic oxidation sites excluding steroid dienone is 4. The van der Waals surface area contributed by atoms with Crippen molar-refractivity contribution < 1.29 is 0 Å². The first-order chi connectivity index (χ1) is 11.7. The minimum atomic E-state index is 0.988. The lowest BCUT2D eigenvalue weighted by Gasteiger charge is -2.40. The van der Waals surface area contributed by atoms with Crippen LogP contribution in [0.2, 0.25) is 0 Å². The van der Waals surface area contributed by atoms with Gasteiger partial charge in [0.25, 0.3) is 0 Å². The second-order valence-electron chi connectivity index (χ2n) is 6.75. The smallest absolute Gasteiger partial charge is 0.0485 e. The molecule has 4 rings (SSSR count). The average molecular weight is 316 g/mol. The van der Waals surface area contributed by atoms with Gasteiger partial charge in [-0.3, -0.25) is 4.90 Å². The molecule has 0 spiro atoms. The maximum Gasteiger partial charge on any atom is 0.0485 e. The number of para-hydroxylation sites is 1. The normalized spacial score (nSPS) is 20.6. The van der Waals surface area contributed by atoms with Crippen molar-refractivity contribution in [2.24, 2.45) is 0 Å². The zero-order valence-corrected chi connectivity index (χ0v) is 14.3. The van der Waals surface area contributed by atoms with Crippen molar-refractivity contribution in [1.82, 2.24) is 4.90 Å². The molecule has 2 heteroatoms. The summed E-state index contributed by atoms with van der Waals surface area (Å²) >= 11 is 0. The summed E-state index contributed by atoms with van der Waals surface area (Å²) in [5, 5.41) is 0.